The lowest BCUT2D eigenvalue weighted by molar-refractivity contribution is -0.123. The molecule has 1 amide bonds. The zero-order valence-electron chi connectivity index (χ0n) is 9.56. The lowest BCUT2D eigenvalue weighted by Crippen LogP contribution is -2.42. The zero-order valence-corrected chi connectivity index (χ0v) is 12.0. The van der Waals surface area contributed by atoms with Crippen molar-refractivity contribution in [3.8, 4) is 0 Å². The van der Waals surface area contributed by atoms with Crippen molar-refractivity contribution >= 4 is 42.1 Å². The highest BCUT2D eigenvalue weighted by atomic mass is 35.5. The van der Waals surface area contributed by atoms with E-state index in [1.165, 1.54) is 4.88 Å². The summed E-state index contributed by atoms with van der Waals surface area (Å²) in [4.78, 5) is 17.0. The number of amides is 1. The van der Waals surface area contributed by atoms with Gasteiger partial charge in [-0.15, -0.1) is 36.2 Å². The SMILES string of the molecule is CCc1cnc(CNC(=O)C2(N)CC2)s1.Cl.Cl. The Morgan fingerprint density at radius 2 is 2.24 bits per heavy atom. The molecule has 3 N–H and O–H groups in total. The third-order valence-corrected chi connectivity index (χ3v) is 3.73. The first-order chi connectivity index (χ1) is 7.14. The van der Waals surface area contributed by atoms with Gasteiger partial charge in [-0.2, -0.15) is 0 Å². The molecule has 0 spiro atoms. The Bertz CT molecular complexity index is 379. The van der Waals surface area contributed by atoms with Crippen LogP contribution in [0.25, 0.3) is 0 Å². The van der Waals surface area contributed by atoms with Gasteiger partial charge in [0.15, 0.2) is 0 Å². The van der Waals surface area contributed by atoms with E-state index in [2.05, 4.69) is 17.2 Å². The van der Waals surface area contributed by atoms with Crippen molar-refractivity contribution in [3.05, 3.63) is 16.1 Å². The summed E-state index contributed by atoms with van der Waals surface area (Å²) in [6, 6.07) is 0. The number of hydrogen-bond acceptors (Lipinski definition) is 4. The van der Waals surface area contributed by atoms with Crippen LogP contribution in [-0.4, -0.2) is 16.4 Å². The number of hydrogen-bond donors (Lipinski definition) is 2. The Morgan fingerprint density at radius 1 is 1.59 bits per heavy atom. The summed E-state index contributed by atoms with van der Waals surface area (Å²) in [6.07, 6.45) is 4.46. The summed E-state index contributed by atoms with van der Waals surface area (Å²) in [5, 5.41) is 3.77. The van der Waals surface area contributed by atoms with E-state index >= 15 is 0 Å². The van der Waals surface area contributed by atoms with Gasteiger partial charge in [-0.3, -0.25) is 4.79 Å². The average Bonchev–Trinajstić information content (AvgIpc) is 2.83. The number of nitrogens with two attached hydrogens (primary N) is 1. The topological polar surface area (TPSA) is 68.0 Å². The van der Waals surface area contributed by atoms with Crippen LogP contribution in [-0.2, 0) is 17.8 Å². The highest BCUT2D eigenvalue weighted by molar-refractivity contribution is 7.11. The quantitative estimate of drug-likeness (QED) is 0.888. The molecular formula is C10H17Cl2N3OS. The summed E-state index contributed by atoms with van der Waals surface area (Å²) < 4.78 is 0. The molecule has 1 fully saturated rings. The molecule has 2 rings (SSSR count). The Labute approximate surface area is 117 Å². The van der Waals surface area contributed by atoms with Crippen LogP contribution in [0.3, 0.4) is 0 Å². The zero-order chi connectivity index (χ0) is 10.9. The van der Waals surface area contributed by atoms with Gasteiger partial charge in [0, 0.05) is 11.1 Å². The fourth-order valence-electron chi connectivity index (χ4n) is 1.29. The van der Waals surface area contributed by atoms with Crippen molar-refractivity contribution in [1.29, 1.82) is 0 Å². The van der Waals surface area contributed by atoms with Gasteiger partial charge in [-0.05, 0) is 19.3 Å². The third-order valence-electron chi connectivity index (χ3n) is 2.59. The molecule has 0 aliphatic heterocycles. The molecule has 0 saturated heterocycles. The summed E-state index contributed by atoms with van der Waals surface area (Å²) in [5.41, 5.74) is 5.18. The average molecular weight is 298 g/mol. The summed E-state index contributed by atoms with van der Waals surface area (Å²) in [6.45, 7) is 2.59. The molecule has 1 heterocycles. The van der Waals surface area contributed by atoms with Gasteiger partial charge >= 0.3 is 0 Å². The Morgan fingerprint density at radius 3 is 2.71 bits per heavy atom. The lowest BCUT2D eigenvalue weighted by Gasteiger charge is -2.07. The first-order valence-corrected chi connectivity index (χ1v) is 5.96. The molecule has 1 aliphatic rings. The van der Waals surface area contributed by atoms with Gasteiger partial charge in [0.1, 0.15) is 5.01 Å². The second-order valence-corrected chi connectivity index (χ2v) is 5.11. The molecule has 4 nitrogen and oxygen atoms in total. The van der Waals surface area contributed by atoms with Crippen LogP contribution in [0.4, 0.5) is 0 Å². The molecule has 0 radical (unpaired) electrons. The minimum atomic E-state index is -0.579. The fourth-order valence-corrected chi connectivity index (χ4v) is 2.09. The van der Waals surface area contributed by atoms with Crippen molar-refractivity contribution in [2.45, 2.75) is 38.3 Å². The van der Waals surface area contributed by atoms with E-state index < -0.39 is 5.54 Å². The smallest absolute Gasteiger partial charge is 0.240 e. The number of rotatable bonds is 4. The molecule has 0 bridgehead atoms. The van der Waals surface area contributed by atoms with E-state index in [1.807, 2.05) is 6.20 Å². The highest BCUT2D eigenvalue weighted by Crippen LogP contribution is 2.32. The normalized spacial score (nSPS) is 15.4. The number of aromatic nitrogens is 1. The van der Waals surface area contributed by atoms with E-state index in [4.69, 9.17) is 5.73 Å². The molecule has 98 valence electrons. The number of nitrogens with one attached hydrogen (secondary N) is 1. The Kier molecular flexibility index (Phi) is 6.40. The largest absolute Gasteiger partial charge is 0.348 e. The van der Waals surface area contributed by atoms with Crippen LogP contribution in [0.1, 0.15) is 29.7 Å². The van der Waals surface area contributed by atoms with Crippen LogP contribution < -0.4 is 11.1 Å². The minimum absolute atomic E-state index is 0. The van der Waals surface area contributed by atoms with E-state index in [0.29, 0.717) is 6.54 Å². The molecular weight excluding hydrogens is 281 g/mol. The predicted molar refractivity (Wildman–Crippen MR) is 74.0 cm³/mol. The van der Waals surface area contributed by atoms with Gasteiger partial charge < -0.3 is 11.1 Å². The monoisotopic (exact) mass is 297 g/mol. The highest BCUT2D eigenvalue weighted by Gasteiger charge is 2.45. The molecule has 1 aromatic heterocycles. The van der Waals surface area contributed by atoms with Crippen LogP contribution in [0, 0.1) is 0 Å². The van der Waals surface area contributed by atoms with Gasteiger partial charge in [0.2, 0.25) is 5.91 Å². The van der Waals surface area contributed by atoms with E-state index in [9.17, 15) is 4.79 Å². The molecule has 0 atom stereocenters. The first-order valence-electron chi connectivity index (χ1n) is 5.15. The predicted octanol–water partition coefficient (Wildman–Crippen LogP) is 1.66. The van der Waals surface area contributed by atoms with Gasteiger partial charge in [0.25, 0.3) is 0 Å². The van der Waals surface area contributed by atoms with Gasteiger partial charge in [-0.25, -0.2) is 4.98 Å². The molecule has 0 aromatic carbocycles. The summed E-state index contributed by atoms with van der Waals surface area (Å²) in [7, 11) is 0. The molecule has 1 saturated carbocycles. The number of halogens is 2. The second kappa shape index (κ2) is 6.54. The molecule has 17 heavy (non-hydrogen) atoms. The van der Waals surface area contributed by atoms with E-state index in [0.717, 1.165) is 24.3 Å². The Balaban J connectivity index is 0.00000128. The first kappa shape index (κ1) is 16.6. The molecule has 1 aromatic rings. The second-order valence-electron chi connectivity index (χ2n) is 3.91. The van der Waals surface area contributed by atoms with Crippen molar-refractivity contribution < 1.29 is 4.79 Å². The van der Waals surface area contributed by atoms with Gasteiger partial charge in [0.05, 0.1) is 12.1 Å². The minimum Gasteiger partial charge on any atom is -0.348 e. The summed E-state index contributed by atoms with van der Waals surface area (Å²) >= 11 is 1.64. The van der Waals surface area contributed by atoms with Crippen LogP contribution >= 0.6 is 36.2 Å². The number of thiazole rings is 1. The van der Waals surface area contributed by atoms with Crippen LogP contribution in [0.5, 0.6) is 0 Å². The fraction of sp³-hybridized carbons (Fsp3) is 0.600. The van der Waals surface area contributed by atoms with Crippen molar-refractivity contribution in [3.63, 3.8) is 0 Å². The maximum atomic E-state index is 11.5. The lowest BCUT2D eigenvalue weighted by atomic mass is 10.3. The molecule has 0 unspecified atom stereocenters. The van der Waals surface area contributed by atoms with E-state index in [1.54, 1.807) is 11.3 Å². The van der Waals surface area contributed by atoms with Crippen molar-refractivity contribution in [1.82, 2.24) is 10.3 Å². The van der Waals surface area contributed by atoms with Crippen molar-refractivity contribution in [2.75, 3.05) is 0 Å². The number of aryl methyl sites for hydroxylation is 1. The van der Waals surface area contributed by atoms with E-state index in [-0.39, 0.29) is 30.7 Å². The Hall–Kier alpha value is -0.360. The number of carbonyl (C=O) groups excluding carboxylic acids is 1. The van der Waals surface area contributed by atoms with Gasteiger partial charge in [-0.1, -0.05) is 6.92 Å². The third kappa shape index (κ3) is 4.10. The summed E-state index contributed by atoms with van der Waals surface area (Å²) in [5.74, 6) is -0.0456. The maximum absolute atomic E-state index is 11.5. The number of nitrogens with zero attached hydrogens (tertiary/aromatic N) is 1. The van der Waals surface area contributed by atoms with Crippen LogP contribution in [0.15, 0.2) is 6.20 Å². The molecule has 7 heteroatoms. The maximum Gasteiger partial charge on any atom is 0.240 e. The molecule has 1 aliphatic carbocycles. The van der Waals surface area contributed by atoms with Crippen LogP contribution in [0.2, 0.25) is 0 Å². The number of carbonyl (C=O) groups is 1. The van der Waals surface area contributed by atoms with Crippen molar-refractivity contribution in [2.24, 2.45) is 5.73 Å². The standard InChI is InChI=1S/C10H15N3OS.2ClH/c1-2-7-5-12-8(15-7)6-13-9(14)10(11)3-4-10;;/h5H,2-4,6,11H2,1H3,(H,13,14);2*1H.